The highest BCUT2D eigenvalue weighted by molar-refractivity contribution is 5.75. The Morgan fingerprint density at radius 2 is 2.12 bits per heavy atom. The zero-order chi connectivity index (χ0) is 11.5. The number of fused-ring (bicyclic) bond motifs is 1. The molecule has 0 aliphatic rings. The van der Waals surface area contributed by atoms with E-state index in [4.69, 9.17) is 0 Å². The molecule has 0 saturated heterocycles. The van der Waals surface area contributed by atoms with Crippen molar-refractivity contribution in [2.45, 2.75) is 39.3 Å². The summed E-state index contributed by atoms with van der Waals surface area (Å²) in [5.41, 5.74) is 2.08. The molecule has 0 saturated carbocycles. The number of hydrogen-bond acceptors (Lipinski definition) is 2. The van der Waals surface area contributed by atoms with E-state index in [-0.39, 0.29) is 0 Å². The molecule has 1 aromatic heterocycles. The molecule has 86 valence electrons. The van der Waals surface area contributed by atoms with Crippen LogP contribution in [0, 0.1) is 0 Å². The zero-order valence-corrected chi connectivity index (χ0v) is 9.85. The predicted octanol–water partition coefficient (Wildman–Crippen LogP) is 2.89. The maximum absolute atomic E-state index is 9.72. The number of para-hydroxylation sites is 2. The highest BCUT2D eigenvalue weighted by Gasteiger charge is 2.13. The highest BCUT2D eigenvalue weighted by Crippen LogP contribution is 2.21. The van der Waals surface area contributed by atoms with E-state index in [1.807, 2.05) is 18.2 Å². The third-order valence-corrected chi connectivity index (χ3v) is 2.79. The quantitative estimate of drug-likeness (QED) is 0.856. The van der Waals surface area contributed by atoms with Crippen molar-refractivity contribution < 1.29 is 5.11 Å². The zero-order valence-electron chi connectivity index (χ0n) is 9.85. The average molecular weight is 218 g/mol. The van der Waals surface area contributed by atoms with Gasteiger partial charge in [0.25, 0.3) is 0 Å². The summed E-state index contributed by atoms with van der Waals surface area (Å²) in [5.74, 6) is 0.773. The van der Waals surface area contributed by atoms with Gasteiger partial charge >= 0.3 is 0 Å². The summed E-state index contributed by atoms with van der Waals surface area (Å²) in [6.07, 6.45) is 1.75. The Hall–Kier alpha value is -1.35. The molecule has 0 aliphatic carbocycles. The second-order valence-corrected chi connectivity index (χ2v) is 4.14. The molecule has 1 aromatic carbocycles. The molecule has 0 amide bonds. The van der Waals surface area contributed by atoms with E-state index in [1.165, 1.54) is 0 Å². The van der Waals surface area contributed by atoms with Gasteiger partial charge in [0.15, 0.2) is 0 Å². The van der Waals surface area contributed by atoms with Crippen LogP contribution < -0.4 is 0 Å². The number of rotatable bonds is 4. The van der Waals surface area contributed by atoms with E-state index in [0.29, 0.717) is 0 Å². The molecule has 1 heterocycles. The lowest BCUT2D eigenvalue weighted by atomic mass is 10.3. The van der Waals surface area contributed by atoms with E-state index in [1.54, 1.807) is 6.92 Å². The van der Waals surface area contributed by atoms with Crippen molar-refractivity contribution in [2.75, 3.05) is 0 Å². The summed E-state index contributed by atoms with van der Waals surface area (Å²) in [6.45, 7) is 4.86. The molecule has 0 aliphatic heterocycles. The Bertz CT molecular complexity index is 474. The molecular weight excluding hydrogens is 200 g/mol. The highest BCUT2D eigenvalue weighted by atomic mass is 16.3. The van der Waals surface area contributed by atoms with Gasteiger partial charge < -0.3 is 9.67 Å². The van der Waals surface area contributed by atoms with Crippen molar-refractivity contribution in [3.63, 3.8) is 0 Å². The van der Waals surface area contributed by atoms with E-state index in [0.717, 1.165) is 36.2 Å². The average Bonchev–Trinajstić information content (AvgIpc) is 2.65. The molecule has 0 bridgehead atoms. The minimum absolute atomic E-state index is 0.510. The van der Waals surface area contributed by atoms with Crippen LogP contribution >= 0.6 is 0 Å². The Labute approximate surface area is 95.7 Å². The molecule has 0 spiro atoms. The molecular formula is C13H18N2O. The third kappa shape index (κ3) is 1.95. The number of unbranched alkanes of at least 4 members (excludes halogenated alkanes) is 1. The number of aliphatic hydroxyl groups is 1. The number of nitrogens with zero attached hydrogens (tertiary/aromatic N) is 2. The number of aliphatic hydroxyl groups excluding tert-OH is 1. The second-order valence-electron chi connectivity index (χ2n) is 4.14. The summed E-state index contributed by atoms with van der Waals surface area (Å²) in [6, 6.07) is 8.04. The van der Waals surface area contributed by atoms with Gasteiger partial charge in [-0.05, 0) is 25.5 Å². The molecule has 0 fully saturated rings. The smallest absolute Gasteiger partial charge is 0.138 e. The maximum Gasteiger partial charge on any atom is 0.138 e. The summed E-state index contributed by atoms with van der Waals surface area (Å²) >= 11 is 0. The van der Waals surface area contributed by atoms with Crippen molar-refractivity contribution in [3.05, 3.63) is 30.1 Å². The summed E-state index contributed by atoms with van der Waals surface area (Å²) in [7, 11) is 0. The van der Waals surface area contributed by atoms with Crippen molar-refractivity contribution in [1.29, 1.82) is 0 Å². The van der Waals surface area contributed by atoms with Crippen LogP contribution in [0.5, 0.6) is 0 Å². The topological polar surface area (TPSA) is 38.0 Å². The molecule has 2 rings (SSSR count). The molecule has 0 unspecified atom stereocenters. The molecule has 2 aromatic rings. The number of hydrogen-bond donors (Lipinski definition) is 1. The van der Waals surface area contributed by atoms with Crippen molar-refractivity contribution in [3.8, 4) is 0 Å². The van der Waals surface area contributed by atoms with E-state index < -0.39 is 6.10 Å². The first-order valence-corrected chi connectivity index (χ1v) is 5.87. The summed E-state index contributed by atoms with van der Waals surface area (Å²) < 4.78 is 2.13. The van der Waals surface area contributed by atoms with Gasteiger partial charge in [0.05, 0.1) is 11.0 Å². The monoisotopic (exact) mass is 218 g/mol. The Balaban J connectivity index is 2.51. The largest absolute Gasteiger partial charge is 0.385 e. The van der Waals surface area contributed by atoms with Gasteiger partial charge in [-0.15, -0.1) is 0 Å². The predicted molar refractivity (Wildman–Crippen MR) is 65.3 cm³/mol. The van der Waals surface area contributed by atoms with E-state index in [2.05, 4.69) is 22.5 Å². The first kappa shape index (κ1) is 11.1. The van der Waals surface area contributed by atoms with Crippen LogP contribution in [-0.4, -0.2) is 14.7 Å². The third-order valence-electron chi connectivity index (χ3n) is 2.79. The lowest BCUT2D eigenvalue weighted by Crippen LogP contribution is -2.06. The van der Waals surface area contributed by atoms with Gasteiger partial charge in [-0.2, -0.15) is 0 Å². The van der Waals surface area contributed by atoms with Crippen molar-refractivity contribution in [2.24, 2.45) is 0 Å². The maximum atomic E-state index is 9.72. The van der Waals surface area contributed by atoms with Gasteiger partial charge in [0.2, 0.25) is 0 Å². The number of aromatic nitrogens is 2. The number of imidazole rings is 1. The SMILES string of the molecule is CCCCn1c([C@H](C)O)nc2ccccc21. The Morgan fingerprint density at radius 3 is 2.81 bits per heavy atom. The van der Waals surface area contributed by atoms with Crippen molar-refractivity contribution >= 4 is 11.0 Å². The fourth-order valence-electron chi connectivity index (χ4n) is 1.96. The fourth-order valence-corrected chi connectivity index (χ4v) is 1.96. The molecule has 16 heavy (non-hydrogen) atoms. The van der Waals surface area contributed by atoms with Crippen LogP contribution in [0.3, 0.4) is 0 Å². The fraction of sp³-hybridized carbons (Fsp3) is 0.462. The Kier molecular flexibility index (Phi) is 3.25. The Morgan fingerprint density at radius 1 is 1.38 bits per heavy atom. The van der Waals surface area contributed by atoms with E-state index in [9.17, 15) is 5.11 Å². The van der Waals surface area contributed by atoms with Crippen LogP contribution in [0.1, 0.15) is 38.6 Å². The van der Waals surface area contributed by atoms with Crippen LogP contribution in [-0.2, 0) is 6.54 Å². The van der Waals surface area contributed by atoms with Crippen LogP contribution in [0.15, 0.2) is 24.3 Å². The molecule has 1 N–H and O–H groups in total. The van der Waals surface area contributed by atoms with Gasteiger partial charge in [-0.3, -0.25) is 0 Å². The van der Waals surface area contributed by atoms with Crippen molar-refractivity contribution in [1.82, 2.24) is 9.55 Å². The van der Waals surface area contributed by atoms with Crippen LogP contribution in [0.4, 0.5) is 0 Å². The van der Waals surface area contributed by atoms with Gasteiger partial charge in [-0.1, -0.05) is 25.5 Å². The minimum atomic E-state index is -0.510. The minimum Gasteiger partial charge on any atom is -0.385 e. The normalized spacial score (nSPS) is 13.2. The lowest BCUT2D eigenvalue weighted by Gasteiger charge is -2.09. The van der Waals surface area contributed by atoms with Crippen LogP contribution in [0.25, 0.3) is 11.0 Å². The standard InChI is InChI=1S/C13H18N2O/c1-3-4-9-15-12-8-6-5-7-11(12)14-13(15)10(2)16/h5-8,10,16H,3-4,9H2,1-2H3/t10-/m0/s1. The van der Waals surface area contributed by atoms with Gasteiger partial charge in [0.1, 0.15) is 11.9 Å². The first-order chi connectivity index (χ1) is 7.74. The van der Waals surface area contributed by atoms with Gasteiger partial charge in [0, 0.05) is 6.54 Å². The molecule has 0 radical (unpaired) electrons. The van der Waals surface area contributed by atoms with Gasteiger partial charge in [-0.25, -0.2) is 4.98 Å². The van der Waals surface area contributed by atoms with E-state index >= 15 is 0 Å². The second kappa shape index (κ2) is 4.66. The lowest BCUT2D eigenvalue weighted by molar-refractivity contribution is 0.184. The molecule has 3 nitrogen and oxygen atoms in total. The summed E-state index contributed by atoms with van der Waals surface area (Å²) in [4.78, 5) is 4.48. The summed E-state index contributed by atoms with van der Waals surface area (Å²) in [5, 5.41) is 9.72. The first-order valence-electron chi connectivity index (χ1n) is 5.87. The molecule has 3 heteroatoms. The number of aryl methyl sites for hydroxylation is 1. The molecule has 1 atom stereocenters. The van der Waals surface area contributed by atoms with Crippen LogP contribution in [0.2, 0.25) is 0 Å². The number of benzene rings is 1.